The van der Waals surface area contributed by atoms with Crippen LogP contribution in [0.5, 0.6) is 0 Å². The Morgan fingerprint density at radius 2 is 2.14 bits per heavy atom. The van der Waals surface area contributed by atoms with Crippen molar-refractivity contribution in [1.29, 1.82) is 0 Å². The molecule has 2 aliphatic rings. The highest BCUT2D eigenvalue weighted by molar-refractivity contribution is 5.37. The smallest absolute Gasteiger partial charge is 0.160 e. The Labute approximate surface area is 130 Å². The van der Waals surface area contributed by atoms with Crippen molar-refractivity contribution in [3.8, 4) is 0 Å². The molecule has 2 aromatic rings. The summed E-state index contributed by atoms with van der Waals surface area (Å²) in [5, 5.41) is 22.4. The largest absolute Gasteiger partial charge is 0.387 e. The van der Waals surface area contributed by atoms with Gasteiger partial charge in [-0.15, -0.1) is 10.2 Å². The molecule has 4 heterocycles. The third-order valence-corrected chi connectivity index (χ3v) is 5.03. The van der Waals surface area contributed by atoms with E-state index in [0.717, 1.165) is 63.5 Å². The van der Waals surface area contributed by atoms with Crippen molar-refractivity contribution in [1.82, 2.24) is 24.8 Å². The molecule has 2 fully saturated rings. The van der Waals surface area contributed by atoms with E-state index < -0.39 is 5.60 Å². The van der Waals surface area contributed by atoms with E-state index in [1.165, 1.54) is 0 Å². The van der Waals surface area contributed by atoms with Gasteiger partial charge in [0.15, 0.2) is 5.65 Å². The van der Waals surface area contributed by atoms with Gasteiger partial charge in [0.1, 0.15) is 5.82 Å². The molecule has 118 valence electrons. The van der Waals surface area contributed by atoms with Gasteiger partial charge in [-0.2, -0.15) is 0 Å². The molecule has 2 aromatic heterocycles. The second-order valence-corrected chi connectivity index (χ2v) is 6.69. The monoisotopic (exact) mass is 301 g/mol. The summed E-state index contributed by atoms with van der Waals surface area (Å²) in [5.74, 6) is 1.54. The fourth-order valence-electron chi connectivity index (χ4n) is 3.77. The molecule has 22 heavy (non-hydrogen) atoms. The van der Waals surface area contributed by atoms with E-state index in [-0.39, 0.29) is 0 Å². The van der Waals surface area contributed by atoms with Crippen LogP contribution in [0.2, 0.25) is 0 Å². The Bertz CT molecular complexity index is 641. The molecule has 2 saturated heterocycles. The average molecular weight is 301 g/mol. The van der Waals surface area contributed by atoms with Crippen LogP contribution in [0.3, 0.4) is 0 Å². The van der Waals surface area contributed by atoms with E-state index in [2.05, 4.69) is 24.8 Å². The number of pyridine rings is 1. The number of hydrogen-bond acceptors (Lipinski definition) is 5. The molecule has 0 amide bonds. The molecule has 2 aliphatic heterocycles. The number of piperidine rings is 1. The fourth-order valence-corrected chi connectivity index (χ4v) is 3.77. The number of rotatable bonds is 3. The summed E-state index contributed by atoms with van der Waals surface area (Å²) in [6, 6.07) is 6.01. The first-order valence-corrected chi connectivity index (χ1v) is 8.19. The Morgan fingerprint density at radius 1 is 1.27 bits per heavy atom. The molecule has 4 rings (SSSR count). The molecule has 0 aromatic carbocycles. The first-order chi connectivity index (χ1) is 10.7. The molecule has 0 radical (unpaired) electrons. The van der Waals surface area contributed by atoms with Crippen molar-refractivity contribution in [3.63, 3.8) is 0 Å². The SMILES string of the molecule is O[C@]1(CN2CCC(c3nnc4ccccn34)CC2)CCNC1. The van der Waals surface area contributed by atoms with Gasteiger partial charge in [-0.05, 0) is 51.0 Å². The first kappa shape index (κ1) is 14.1. The van der Waals surface area contributed by atoms with Gasteiger partial charge in [-0.25, -0.2) is 0 Å². The Morgan fingerprint density at radius 3 is 2.91 bits per heavy atom. The lowest BCUT2D eigenvalue weighted by Gasteiger charge is -2.35. The van der Waals surface area contributed by atoms with Crippen molar-refractivity contribution >= 4 is 5.65 Å². The van der Waals surface area contributed by atoms with Crippen LogP contribution in [0.1, 0.15) is 31.0 Å². The van der Waals surface area contributed by atoms with Crippen LogP contribution in [0, 0.1) is 0 Å². The highest BCUT2D eigenvalue weighted by atomic mass is 16.3. The first-order valence-electron chi connectivity index (χ1n) is 8.19. The van der Waals surface area contributed by atoms with Crippen LogP contribution >= 0.6 is 0 Å². The van der Waals surface area contributed by atoms with Gasteiger partial charge in [0.25, 0.3) is 0 Å². The minimum absolute atomic E-state index is 0.463. The average Bonchev–Trinajstić information content (AvgIpc) is 3.15. The highest BCUT2D eigenvalue weighted by Gasteiger charge is 2.34. The fraction of sp³-hybridized carbons (Fsp3) is 0.625. The number of β-amino-alcohol motifs (C(OH)–C–C–N with tert-alkyl or cyclic N) is 1. The molecule has 0 saturated carbocycles. The summed E-state index contributed by atoms with van der Waals surface area (Å²) in [4.78, 5) is 2.40. The Kier molecular flexibility index (Phi) is 3.60. The predicted molar refractivity (Wildman–Crippen MR) is 83.8 cm³/mol. The van der Waals surface area contributed by atoms with Crippen LogP contribution < -0.4 is 5.32 Å². The summed E-state index contributed by atoms with van der Waals surface area (Å²) >= 11 is 0. The van der Waals surface area contributed by atoms with E-state index in [1.54, 1.807) is 0 Å². The van der Waals surface area contributed by atoms with Gasteiger partial charge in [0.2, 0.25) is 0 Å². The Balaban J connectivity index is 1.41. The van der Waals surface area contributed by atoms with Gasteiger partial charge in [-0.1, -0.05) is 6.07 Å². The van der Waals surface area contributed by atoms with Crippen LogP contribution in [0.15, 0.2) is 24.4 Å². The number of aliphatic hydroxyl groups is 1. The lowest BCUT2D eigenvalue weighted by atomic mass is 9.94. The van der Waals surface area contributed by atoms with E-state index in [0.29, 0.717) is 5.92 Å². The van der Waals surface area contributed by atoms with Gasteiger partial charge < -0.3 is 15.3 Å². The lowest BCUT2D eigenvalue weighted by Crippen LogP contribution is -2.47. The van der Waals surface area contributed by atoms with Crippen molar-refractivity contribution in [2.45, 2.75) is 30.8 Å². The van der Waals surface area contributed by atoms with Gasteiger partial charge >= 0.3 is 0 Å². The van der Waals surface area contributed by atoms with Gasteiger partial charge in [-0.3, -0.25) is 4.40 Å². The number of fused-ring (bicyclic) bond motifs is 1. The van der Waals surface area contributed by atoms with E-state index in [4.69, 9.17) is 0 Å². The topological polar surface area (TPSA) is 65.7 Å². The van der Waals surface area contributed by atoms with Gasteiger partial charge in [0, 0.05) is 25.2 Å². The lowest BCUT2D eigenvalue weighted by molar-refractivity contribution is 0.0135. The number of hydrogen-bond donors (Lipinski definition) is 2. The summed E-state index contributed by atoms with van der Waals surface area (Å²) in [7, 11) is 0. The van der Waals surface area contributed by atoms with Crippen molar-refractivity contribution < 1.29 is 5.11 Å². The number of likely N-dealkylation sites (tertiary alicyclic amines) is 1. The molecule has 0 spiro atoms. The maximum atomic E-state index is 10.5. The van der Waals surface area contributed by atoms with E-state index in [9.17, 15) is 5.11 Å². The molecule has 0 bridgehead atoms. The summed E-state index contributed by atoms with van der Waals surface area (Å²) in [6.07, 6.45) is 5.07. The van der Waals surface area contributed by atoms with Crippen LogP contribution in [-0.4, -0.2) is 62.9 Å². The zero-order valence-corrected chi connectivity index (χ0v) is 12.8. The second-order valence-electron chi connectivity index (χ2n) is 6.69. The Hall–Kier alpha value is -1.50. The number of nitrogens with one attached hydrogen (secondary N) is 1. The van der Waals surface area contributed by atoms with Crippen LogP contribution in [-0.2, 0) is 0 Å². The molecular formula is C16H23N5O. The summed E-state index contributed by atoms with van der Waals surface area (Å²) in [5.41, 5.74) is 0.389. The van der Waals surface area contributed by atoms with Gasteiger partial charge in [0.05, 0.1) is 5.60 Å². The zero-order valence-electron chi connectivity index (χ0n) is 12.8. The molecular weight excluding hydrogens is 278 g/mol. The molecule has 6 nitrogen and oxygen atoms in total. The third kappa shape index (κ3) is 2.62. The normalized spacial score (nSPS) is 27.7. The number of nitrogens with zero attached hydrogens (tertiary/aromatic N) is 4. The highest BCUT2D eigenvalue weighted by Crippen LogP contribution is 2.28. The van der Waals surface area contributed by atoms with Crippen LogP contribution in [0.25, 0.3) is 5.65 Å². The second kappa shape index (κ2) is 5.61. The predicted octanol–water partition coefficient (Wildman–Crippen LogP) is 0.633. The third-order valence-electron chi connectivity index (χ3n) is 5.03. The molecule has 1 atom stereocenters. The molecule has 2 N–H and O–H groups in total. The summed E-state index contributed by atoms with van der Waals surface area (Å²) in [6.45, 7) is 4.48. The number of aromatic nitrogens is 3. The maximum absolute atomic E-state index is 10.5. The zero-order chi connectivity index (χ0) is 15.0. The van der Waals surface area contributed by atoms with E-state index >= 15 is 0 Å². The minimum Gasteiger partial charge on any atom is -0.387 e. The molecule has 6 heteroatoms. The van der Waals surface area contributed by atoms with Crippen molar-refractivity contribution in [3.05, 3.63) is 30.2 Å². The molecule has 0 unspecified atom stereocenters. The summed E-state index contributed by atoms with van der Waals surface area (Å²) < 4.78 is 2.11. The minimum atomic E-state index is -0.533. The van der Waals surface area contributed by atoms with E-state index in [1.807, 2.05) is 24.4 Å². The molecule has 0 aliphatic carbocycles. The standard InChI is InChI=1S/C16H23N5O/c22-16(6-7-17-11-16)12-20-9-4-13(5-10-20)15-19-18-14-3-1-2-8-21(14)15/h1-3,8,13,17,22H,4-7,9-12H2/t16-/m1/s1. The quantitative estimate of drug-likeness (QED) is 0.871. The maximum Gasteiger partial charge on any atom is 0.160 e. The van der Waals surface area contributed by atoms with Crippen LogP contribution in [0.4, 0.5) is 0 Å². The van der Waals surface area contributed by atoms with Crippen molar-refractivity contribution in [2.24, 2.45) is 0 Å². The van der Waals surface area contributed by atoms with Crippen molar-refractivity contribution in [2.75, 3.05) is 32.7 Å².